The third kappa shape index (κ3) is 2.94. The molecule has 0 aliphatic heterocycles. The van der Waals surface area contributed by atoms with Crippen LogP contribution < -0.4 is 5.11 Å². The molecule has 1 amide bonds. The van der Waals surface area contributed by atoms with Crippen molar-refractivity contribution in [3.05, 3.63) is 71.8 Å². The monoisotopic (exact) mass is 254 g/mol. The molecule has 2 aromatic carbocycles. The van der Waals surface area contributed by atoms with Crippen LogP contribution in [0.2, 0.25) is 0 Å². The number of carbonyl (C=O) groups is 1. The lowest BCUT2D eigenvalue weighted by Gasteiger charge is -2.33. The average Bonchev–Trinajstić information content (AvgIpc) is 2.46. The van der Waals surface area contributed by atoms with E-state index in [-0.39, 0.29) is 6.04 Å². The lowest BCUT2D eigenvalue weighted by atomic mass is 9.97. The Bertz CT molecular complexity index is 485. The minimum absolute atomic E-state index is 0.322. The summed E-state index contributed by atoms with van der Waals surface area (Å²) in [5, 5.41) is 11.3. The van der Waals surface area contributed by atoms with Crippen molar-refractivity contribution in [1.29, 1.82) is 0 Å². The number of carboxylic acid groups (broad SMARTS) is 1. The van der Waals surface area contributed by atoms with E-state index in [0.717, 1.165) is 11.1 Å². The van der Waals surface area contributed by atoms with Crippen molar-refractivity contribution < 1.29 is 9.90 Å². The number of nitrogens with zero attached hydrogens (tertiary/aromatic N) is 1. The Morgan fingerprint density at radius 3 is 1.74 bits per heavy atom. The maximum Gasteiger partial charge on any atom is 0.137 e. The van der Waals surface area contributed by atoms with Gasteiger partial charge in [0.05, 0.1) is 6.04 Å². The number of rotatable bonds is 4. The van der Waals surface area contributed by atoms with E-state index in [4.69, 9.17) is 0 Å². The third-order valence-corrected chi connectivity index (χ3v) is 3.12. The molecular formula is C16H16NO2-. The van der Waals surface area contributed by atoms with Gasteiger partial charge in [-0.05, 0) is 18.1 Å². The van der Waals surface area contributed by atoms with Crippen LogP contribution in [-0.4, -0.2) is 17.5 Å². The van der Waals surface area contributed by atoms with Crippen LogP contribution in [0.4, 0.5) is 4.79 Å². The van der Waals surface area contributed by atoms with Gasteiger partial charge in [-0.3, -0.25) is 0 Å². The van der Waals surface area contributed by atoms with Gasteiger partial charge in [0.2, 0.25) is 0 Å². The zero-order chi connectivity index (χ0) is 13.7. The van der Waals surface area contributed by atoms with Crippen LogP contribution in [0.1, 0.15) is 24.1 Å². The lowest BCUT2D eigenvalue weighted by Crippen LogP contribution is -2.43. The number of amides is 1. The molecule has 2 aromatic rings. The number of hydrogen-bond donors (Lipinski definition) is 0. The van der Waals surface area contributed by atoms with E-state index in [0.29, 0.717) is 6.54 Å². The van der Waals surface area contributed by atoms with Crippen molar-refractivity contribution >= 4 is 6.09 Å². The fourth-order valence-electron chi connectivity index (χ4n) is 2.24. The minimum atomic E-state index is -1.15. The summed E-state index contributed by atoms with van der Waals surface area (Å²) in [7, 11) is 0. The van der Waals surface area contributed by atoms with Crippen LogP contribution in [0.5, 0.6) is 0 Å². The van der Waals surface area contributed by atoms with Gasteiger partial charge < -0.3 is 14.8 Å². The highest BCUT2D eigenvalue weighted by Gasteiger charge is 2.20. The second-order valence-corrected chi connectivity index (χ2v) is 4.28. The molecule has 0 spiro atoms. The summed E-state index contributed by atoms with van der Waals surface area (Å²) in [5.41, 5.74) is 1.89. The second-order valence-electron chi connectivity index (χ2n) is 4.28. The molecule has 2 rings (SSSR count). The first kappa shape index (κ1) is 13.1. The topological polar surface area (TPSA) is 43.4 Å². The summed E-state index contributed by atoms with van der Waals surface area (Å²) in [6, 6.07) is 18.9. The van der Waals surface area contributed by atoms with Gasteiger partial charge in [-0.2, -0.15) is 0 Å². The van der Waals surface area contributed by atoms with Gasteiger partial charge >= 0.3 is 0 Å². The number of benzene rings is 2. The highest BCUT2D eigenvalue weighted by Crippen LogP contribution is 2.27. The summed E-state index contributed by atoms with van der Waals surface area (Å²) in [5.74, 6) is 0. The summed E-state index contributed by atoms with van der Waals surface area (Å²) < 4.78 is 0. The molecule has 3 nitrogen and oxygen atoms in total. The Morgan fingerprint density at radius 1 is 1.00 bits per heavy atom. The van der Waals surface area contributed by atoms with Crippen LogP contribution in [-0.2, 0) is 0 Å². The Kier molecular flexibility index (Phi) is 4.18. The molecule has 3 heteroatoms. The molecule has 0 aromatic heterocycles. The van der Waals surface area contributed by atoms with Crippen LogP contribution in [0.25, 0.3) is 0 Å². The Hall–Kier alpha value is -2.29. The van der Waals surface area contributed by atoms with Gasteiger partial charge in [0.15, 0.2) is 0 Å². The molecule has 0 N–H and O–H groups in total. The molecule has 0 radical (unpaired) electrons. The van der Waals surface area contributed by atoms with Crippen molar-refractivity contribution in [2.45, 2.75) is 13.0 Å². The normalized spacial score (nSPS) is 10.4. The van der Waals surface area contributed by atoms with Crippen LogP contribution >= 0.6 is 0 Å². The van der Waals surface area contributed by atoms with E-state index >= 15 is 0 Å². The smallest absolute Gasteiger partial charge is 0.137 e. The van der Waals surface area contributed by atoms with Gasteiger partial charge in [0, 0.05) is 6.54 Å². The Labute approximate surface area is 113 Å². The molecule has 98 valence electrons. The van der Waals surface area contributed by atoms with E-state index in [9.17, 15) is 9.90 Å². The van der Waals surface area contributed by atoms with Gasteiger partial charge in [0.25, 0.3) is 0 Å². The highest BCUT2D eigenvalue weighted by molar-refractivity contribution is 5.64. The molecule has 19 heavy (non-hydrogen) atoms. The van der Waals surface area contributed by atoms with E-state index in [1.54, 1.807) is 0 Å². The zero-order valence-electron chi connectivity index (χ0n) is 10.8. The van der Waals surface area contributed by atoms with Gasteiger partial charge in [0.1, 0.15) is 6.09 Å². The lowest BCUT2D eigenvalue weighted by molar-refractivity contribution is -0.267. The summed E-state index contributed by atoms with van der Waals surface area (Å²) >= 11 is 0. The SMILES string of the molecule is CCN(C(=O)[O-])C(c1ccccc1)c1ccccc1. The van der Waals surface area contributed by atoms with Crippen molar-refractivity contribution in [2.75, 3.05) is 6.54 Å². The van der Waals surface area contributed by atoms with Crippen molar-refractivity contribution in [3.8, 4) is 0 Å². The maximum atomic E-state index is 11.3. The summed E-state index contributed by atoms with van der Waals surface area (Å²) in [4.78, 5) is 12.7. The van der Waals surface area contributed by atoms with E-state index in [1.165, 1.54) is 4.90 Å². The van der Waals surface area contributed by atoms with Crippen LogP contribution in [0.3, 0.4) is 0 Å². The van der Waals surface area contributed by atoms with Gasteiger partial charge in [-0.25, -0.2) is 0 Å². The molecule has 0 bridgehead atoms. The summed E-state index contributed by atoms with van der Waals surface area (Å²) in [6.45, 7) is 2.20. The number of carbonyl (C=O) groups excluding carboxylic acids is 1. The van der Waals surface area contributed by atoms with E-state index < -0.39 is 6.09 Å². The average molecular weight is 254 g/mol. The first-order chi connectivity index (χ1) is 9.24. The molecule has 0 unspecified atom stereocenters. The Morgan fingerprint density at radius 2 is 1.42 bits per heavy atom. The largest absolute Gasteiger partial charge is 0.530 e. The van der Waals surface area contributed by atoms with E-state index in [1.807, 2.05) is 67.6 Å². The second kappa shape index (κ2) is 6.05. The van der Waals surface area contributed by atoms with Crippen molar-refractivity contribution in [3.63, 3.8) is 0 Å². The molecule has 0 aliphatic rings. The van der Waals surface area contributed by atoms with Crippen molar-refractivity contribution in [1.82, 2.24) is 4.90 Å². The molecule has 0 saturated carbocycles. The fourth-order valence-corrected chi connectivity index (χ4v) is 2.24. The van der Waals surface area contributed by atoms with Gasteiger partial charge in [-0.1, -0.05) is 60.7 Å². The fraction of sp³-hybridized carbons (Fsp3) is 0.188. The minimum Gasteiger partial charge on any atom is -0.530 e. The van der Waals surface area contributed by atoms with Gasteiger partial charge in [-0.15, -0.1) is 0 Å². The number of hydrogen-bond acceptors (Lipinski definition) is 2. The predicted octanol–water partition coefficient (Wildman–Crippen LogP) is 2.44. The first-order valence-electron chi connectivity index (χ1n) is 6.31. The van der Waals surface area contributed by atoms with Crippen LogP contribution in [0, 0.1) is 0 Å². The first-order valence-corrected chi connectivity index (χ1v) is 6.31. The van der Waals surface area contributed by atoms with Crippen LogP contribution in [0.15, 0.2) is 60.7 Å². The molecule has 0 atom stereocenters. The predicted molar refractivity (Wildman–Crippen MR) is 72.5 cm³/mol. The molecule has 0 saturated heterocycles. The maximum absolute atomic E-state index is 11.3. The standard InChI is InChI=1S/C16H17NO2/c1-2-17(16(18)19)15(13-9-5-3-6-10-13)14-11-7-4-8-12-14/h3-12,15H,2H2,1H3,(H,18,19)/p-1. The molecule has 0 aliphatic carbocycles. The quantitative estimate of drug-likeness (QED) is 0.841. The third-order valence-electron chi connectivity index (χ3n) is 3.12. The molecular weight excluding hydrogens is 238 g/mol. The Balaban J connectivity index is 2.48. The molecule has 0 heterocycles. The van der Waals surface area contributed by atoms with E-state index in [2.05, 4.69) is 0 Å². The summed E-state index contributed by atoms with van der Waals surface area (Å²) in [6.07, 6.45) is -1.15. The highest BCUT2D eigenvalue weighted by atomic mass is 16.4. The zero-order valence-corrected chi connectivity index (χ0v) is 10.8. The van der Waals surface area contributed by atoms with Crippen molar-refractivity contribution in [2.24, 2.45) is 0 Å². The molecule has 0 fully saturated rings.